The van der Waals surface area contributed by atoms with Gasteiger partial charge in [-0.2, -0.15) is 0 Å². The lowest BCUT2D eigenvalue weighted by atomic mass is 9.66. The molecule has 0 aliphatic heterocycles. The quantitative estimate of drug-likeness (QED) is 0.0887. The van der Waals surface area contributed by atoms with E-state index in [1.807, 2.05) is 118 Å². The Labute approximate surface area is 552 Å². The van der Waals surface area contributed by atoms with Crippen LogP contribution in [0.2, 0.25) is 0 Å². The van der Waals surface area contributed by atoms with E-state index in [1.165, 1.54) is 83.5 Å². The molecule has 10 heteroatoms. The maximum absolute atomic E-state index is 12.6. The third-order valence-electron chi connectivity index (χ3n) is 20.9. The summed E-state index contributed by atoms with van der Waals surface area (Å²) in [5, 5.41) is 0. The van der Waals surface area contributed by atoms with Crippen LogP contribution >= 0.6 is 0 Å². The van der Waals surface area contributed by atoms with E-state index in [-0.39, 0.29) is 159 Å². The molecule has 4 bridgehead atoms. The summed E-state index contributed by atoms with van der Waals surface area (Å²) in [6, 6.07) is 0. The minimum atomic E-state index is -0.372. The standard InChI is InChI=1S/C19H30O2.C14H26O2.C13H24O2.C12H22O2.C10H20O2.10CH4/c1-5-18(2,3)17(20)21-19(4)10-13-9-14(19)16-12-7-6-11(8-12)15(13)16;1-6-13(2,3)12(15)16-14(4,5)11-9-7-8-10-11;1-5-12(2,3)11(14)15-13(4)9-7-6-8-10-13;1-5-11(2,3)10(13)14-12(4)8-6-7-9-12;1-7-10(5,6)8(11)12-9(2,3)4;;;;;;;;;;/h11-16H,5-10H2,1-4H3;11H,6-10H2,1-5H3;5-10H2,1-4H3;5-9H2,1-4H3;7H2,1-6H3;10*1H4. The molecule has 7 rings (SSSR count). The summed E-state index contributed by atoms with van der Waals surface area (Å²) < 4.78 is 28.5. The first-order valence-electron chi connectivity index (χ1n) is 31.8. The summed E-state index contributed by atoms with van der Waals surface area (Å²) in [7, 11) is 0. The fourth-order valence-electron chi connectivity index (χ4n) is 12.9. The average molecular weight is 1260 g/mol. The first-order valence-corrected chi connectivity index (χ1v) is 31.8. The Hall–Kier alpha value is -2.65. The van der Waals surface area contributed by atoms with Gasteiger partial charge in [0.25, 0.3) is 0 Å². The van der Waals surface area contributed by atoms with Crippen molar-refractivity contribution < 1.29 is 47.7 Å². The number of carbonyl (C=O) groups excluding carboxylic acids is 5. The Morgan fingerprint density at radius 1 is 0.364 bits per heavy atom. The van der Waals surface area contributed by atoms with Crippen molar-refractivity contribution in [1.82, 2.24) is 0 Å². The topological polar surface area (TPSA) is 132 Å². The molecule has 534 valence electrons. The fourth-order valence-corrected chi connectivity index (χ4v) is 12.9. The molecule has 0 aromatic heterocycles. The highest BCUT2D eigenvalue weighted by Crippen LogP contribution is 2.70. The van der Waals surface area contributed by atoms with Crippen molar-refractivity contribution in [2.75, 3.05) is 0 Å². The molecule has 0 aromatic carbocycles. The number of fused-ring (bicyclic) bond motifs is 9. The van der Waals surface area contributed by atoms with E-state index in [0.29, 0.717) is 11.8 Å². The van der Waals surface area contributed by atoms with Crippen LogP contribution < -0.4 is 0 Å². The lowest BCUT2D eigenvalue weighted by molar-refractivity contribution is -0.179. The van der Waals surface area contributed by atoms with E-state index in [0.717, 1.165) is 93.8 Å². The molecule has 7 aliphatic rings. The summed E-state index contributed by atoms with van der Waals surface area (Å²) in [6.45, 7) is 45.9. The van der Waals surface area contributed by atoms with Crippen LogP contribution in [0.3, 0.4) is 0 Å². The predicted octanol–water partition coefficient (Wildman–Crippen LogP) is 24.5. The number of carbonyl (C=O) groups is 5. The van der Waals surface area contributed by atoms with E-state index in [9.17, 15) is 24.0 Å². The van der Waals surface area contributed by atoms with Gasteiger partial charge < -0.3 is 23.7 Å². The van der Waals surface area contributed by atoms with Crippen molar-refractivity contribution in [2.45, 2.75) is 409 Å². The van der Waals surface area contributed by atoms with Gasteiger partial charge in [0.05, 0.1) is 27.1 Å². The molecule has 7 atom stereocenters. The molecule has 0 amide bonds. The number of hydrogen-bond acceptors (Lipinski definition) is 10. The Kier molecular flexibility index (Phi) is 45.9. The molecule has 0 saturated heterocycles. The summed E-state index contributed by atoms with van der Waals surface area (Å²) in [5.41, 5.74) is -2.90. The van der Waals surface area contributed by atoms with Crippen LogP contribution in [0.4, 0.5) is 0 Å². The summed E-state index contributed by atoms with van der Waals surface area (Å²) in [4.78, 5) is 59.9. The van der Waals surface area contributed by atoms with Crippen LogP contribution in [0.15, 0.2) is 0 Å². The molecule has 0 heterocycles. The maximum atomic E-state index is 12.6. The van der Waals surface area contributed by atoms with Crippen molar-refractivity contribution in [3.05, 3.63) is 0 Å². The van der Waals surface area contributed by atoms with Crippen molar-refractivity contribution in [2.24, 2.45) is 68.5 Å². The largest absolute Gasteiger partial charge is 0.460 e. The van der Waals surface area contributed by atoms with Gasteiger partial charge in [-0.15, -0.1) is 0 Å². The normalized spacial score (nSPS) is 24.1. The van der Waals surface area contributed by atoms with Crippen molar-refractivity contribution in [3.63, 3.8) is 0 Å². The predicted molar refractivity (Wildman–Crippen MR) is 385 cm³/mol. The molecule has 7 saturated carbocycles. The Bertz CT molecular complexity index is 1950. The minimum absolute atomic E-state index is 0. The molecule has 0 N–H and O–H groups in total. The van der Waals surface area contributed by atoms with E-state index in [2.05, 4.69) is 41.5 Å². The second-order valence-electron chi connectivity index (χ2n) is 31.1. The maximum Gasteiger partial charge on any atom is 0.312 e. The Morgan fingerprint density at radius 2 is 0.670 bits per heavy atom. The van der Waals surface area contributed by atoms with Crippen molar-refractivity contribution in [1.29, 1.82) is 0 Å². The van der Waals surface area contributed by atoms with Gasteiger partial charge in [-0.25, -0.2) is 0 Å². The molecule has 0 spiro atoms. The van der Waals surface area contributed by atoms with Crippen LogP contribution in [-0.2, 0) is 47.7 Å². The number of hydrogen-bond donors (Lipinski definition) is 0. The molecule has 7 aliphatic carbocycles. The summed E-state index contributed by atoms with van der Waals surface area (Å²) in [5.74, 6) is 5.67. The van der Waals surface area contributed by atoms with Gasteiger partial charge in [-0.3, -0.25) is 24.0 Å². The summed E-state index contributed by atoms with van der Waals surface area (Å²) in [6.07, 6.45) is 26.1. The monoisotopic (exact) mass is 1260 g/mol. The third-order valence-corrected chi connectivity index (χ3v) is 20.9. The lowest BCUT2D eigenvalue weighted by Crippen LogP contribution is -2.47. The fraction of sp³-hybridized carbons (Fsp3) is 0.936. The smallest absolute Gasteiger partial charge is 0.312 e. The molecule has 88 heavy (non-hydrogen) atoms. The van der Waals surface area contributed by atoms with Crippen LogP contribution in [0, 0.1) is 68.5 Å². The highest BCUT2D eigenvalue weighted by molar-refractivity contribution is 5.78. The zero-order valence-corrected chi connectivity index (χ0v) is 54.9. The van der Waals surface area contributed by atoms with Crippen LogP contribution in [-0.4, -0.2) is 57.9 Å². The van der Waals surface area contributed by atoms with Gasteiger partial charge in [0, 0.05) is 5.92 Å². The van der Waals surface area contributed by atoms with Gasteiger partial charge in [0.1, 0.15) is 28.0 Å². The highest BCUT2D eigenvalue weighted by Gasteiger charge is 2.67. The van der Waals surface area contributed by atoms with Crippen LogP contribution in [0.25, 0.3) is 0 Å². The van der Waals surface area contributed by atoms with E-state index < -0.39 is 0 Å². The lowest BCUT2D eigenvalue weighted by Gasteiger charge is -2.45. The molecule has 7 unspecified atom stereocenters. The summed E-state index contributed by atoms with van der Waals surface area (Å²) >= 11 is 0. The molecule has 0 aromatic rings. The SMILES string of the molecule is C.C.C.C.C.C.C.C.C.C.CCC(C)(C)C(=O)OC(C)(C)C.CCC(C)(C)C(=O)OC(C)(C)C1CCCC1.CCC(C)(C)C(=O)OC1(C)CC2CC1C1C3CCC(C3)C21.CCC(C)(C)C(=O)OC1(C)CCCC1.CCC(C)(C)C(=O)OC1(C)CCCCC1. The van der Waals surface area contributed by atoms with Gasteiger partial charge in [0.15, 0.2) is 0 Å². The third kappa shape index (κ3) is 27.5. The van der Waals surface area contributed by atoms with E-state index >= 15 is 0 Å². The first-order chi connectivity index (χ1) is 35.6. The minimum Gasteiger partial charge on any atom is -0.460 e. The molecular weight excluding hydrogens is 1100 g/mol. The van der Waals surface area contributed by atoms with Gasteiger partial charge in [-0.1, -0.05) is 128 Å². The Morgan fingerprint density at radius 3 is 1.01 bits per heavy atom. The molecule has 10 nitrogen and oxygen atoms in total. The zero-order chi connectivity index (χ0) is 59.7. The van der Waals surface area contributed by atoms with Crippen molar-refractivity contribution >= 4 is 29.8 Å². The van der Waals surface area contributed by atoms with Crippen LogP contribution in [0.5, 0.6) is 0 Å². The molecular formula is C78H162O10. The zero-order valence-electron chi connectivity index (χ0n) is 54.9. The number of esters is 5. The second kappa shape index (κ2) is 39.8. The number of ether oxygens (including phenoxy) is 5. The number of rotatable bonds is 15. The first kappa shape index (κ1) is 101. The molecule has 7 fully saturated rings. The van der Waals surface area contributed by atoms with E-state index in [4.69, 9.17) is 23.7 Å². The van der Waals surface area contributed by atoms with Gasteiger partial charge >= 0.3 is 29.8 Å². The van der Waals surface area contributed by atoms with Gasteiger partial charge in [0.2, 0.25) is 0 Å². The molecule has 0 radical (unpaired) electrons. The van der Waals surface area contributed by atoms with E-state index in [1.54, 1.807) is 0 Å². The average Bonchev–Trinajstić information content (AvgIpc) is 4.24. The van der Waals surface area contributed by atoms with Gasteiger partial charge in [-0.05, 0) is 289 Å². The second-order valence-corrected chi connectivity index (χ2v) is 31.1. The van der Waals surface area contributed by atoms with Crippen LogP contribution in [0.1, 0.15) is 381 Å². The Balaban J connectivity index is -0.000000149. The highest BCUT2D eigenvalue weighted by atomic mass is 16.6. The van der Waals surface area contributed by atoms with Crippen molar-refractivity contribution in [3.8, 4) is 0 Å².